The van der Waals surface area contributed by atoms with Gasteiger partial charge in [-0.1, -0.05) is 23.2 Å². The van der Waals surface area contributed by atoms with Crippen molar-refractivity contribution in [2.75, 3.05) is 0 Å². The summed E-state index contributed by atoms with van der Waals surface area (Å²) >= 11 is 11.8. The topological polar surface area (TPSA) is 38.1 Å². The largest absolute Gasteiger partial charge is 0.504 e. The van der Waals surface area contributed by atoms with Crippen LogP contribution in [-0.4, -0.2) is 14.9 Å². The van der Waals surface area contributed by atoms with Crippen LogP contribution in [0.2, 0.25) is 10.0 Å². The summed E-state index contributed by atoms with van der Waals surface area (Å²) in [4.78, 5) is 0. The standard InChI is InChI=1S/C11H10Cl2N2O/c1-6-11(16)10(14-15(6)2)7-3-8(12)5-9(13)4-7/h3-5,16H,1-2H3. The van der Waals surface area contributed by atoms with Gasteiger partial charge in [0.15, 0.2) is 5.75 Å². The van der Waals surface area contributed by atoms with Gasteiger partial charge in [-0.3, -0.25) is 4.68 Å². The number of rotatable bonds is 1. The van der Waals surface area contributed by atoms with Crippen molar-refractivity contribution >= 4 is 23.2 Å². The van der Waals surface area contributed by atoms with Crippen molar-refractivity contribution in [3.8, 4) is 17.0 Å². The minimum atomic E-state index is 0.154. The van der Waals surface area contributed by atoms with Crippen molar-refractivity contribution in [3.05, 3.63) is 33.9 Å². The molecule has 0 saturated carbocycles. The molecule has 0 aliphatic heterocycles. The van der Waals surface area contributed by atoms with Gasteiger partial charge in [0.1, 0.15) is 5.69 Å². The molecule has 0 radical (unpaired) electrons. The molecule has 0 aliphatic carbocycles. The first-order chi connectivity index (χ1) is 7.49. The second-order valence-electron chi connectivity index (χ2n) is 3.56. The summed E-state index contributed by atoms with van der Waals surface area (Å²) in [5.41, 5.74) is 1.90. The first-order valence-corrected chi connectivity index (χ1v) is 5.43. The lowest BCUT2D eigenvalue weighted by Crippen LogP contribution is -1.92. The Bertz CT molecular complexity index is 529. The molecule has 0 spiro atoms. The quantitative estimate of drug-likeness (QED) is 0.850. The van der Waals surface area contributed by atoms with E-state index < -0.39 is 0 Å². The van der Waals surface area contributed by atoms with Crippen LogP contribution in [0.1, 0.15) is 5.69 Å². The van der Waals surface area contributed by atoms with Crippen molar-refractivity contribution in [1.82, 2.24) is 9.78 Å². The van der Waals surface area contributed by atoms with E-state index in [2.05, 4.69) is 5.10 Å². The summed E-state index contributed by atoms with van der Waals surface area (Å²) in [5, 5.41) is 15.1. The van der Waals surface area contributed by atoms with Crippen molar-refractivity contribution in [2.45, 2.75) is 6.92 Å². The molecular formula is C11H10Cl2N2O. The lowest BCUT2D eigenvalue weighted by Gasteiger charge is -2.00. The molecule has 0 aliphatic rings. The highest BCUT2D eigenvalue weighted by Crippen LogP contribution is 2.33. The van der Waals surface area contributed by atoms with Crippen LogP contribution in [0.4, 0.5) is 0 Å². The number of hydrogen-bond acceptors (Lipinski definition) is 2. The molecule has 84 valence electrons. The first-order valence-electron chi connectivity index (χ1n) is 4.68. The zero-order chi connectivity index (χ0) is 11.9. The Morgan fingerprint density at radius 2 is 1.75 bits per heavy atom. The highest BCUT2D eigenvalue weighted by Gasteiger charge is 2.14. The third-order valence-corrected chi connectivity index (χ3v) is 2.87. The normalized spacial score (nSPS) is 10.8. The zero-order valence-corrected chi connectivity index (χ0v) is 10.3. The van der Waals surface area contributed by atoms with Crippen molar-refractivity contribution in [1.29, 1.82) is 0 Å². The summed E-state index contributed by atoms with van der Waals surface area (Å²) in [7, 11) is 1.77. The number of benzene rings is 1. The van der Waals surface area contributed by atoms with Crippen LogP contribution in [0.5, 0.6) is 5.75 Å². The Balaban J connectivity index is 2.62. The fourth-order valence-electron chi connectivity index (χ4n) is 1.48. The van der Waals surface area contributed by atoms with Crippen LogP contribution in [-0.2, 0) is 7.05 Å². The Labute approximate surface area is 103 Å². The van der Waals surface area contributed by atoms with E-state index in [9.17, 15) is 5.11 Å². The van der Waals surface area contributed by atoms with Gasteiger partial charge in [-0.15, -0.1) is 0 Å². The van der Waals surface area contributed by atoms with Gasteiger partial charge in [0.2, 0.25) is 0 Å². The molecule has 16 heavy (non-hydrogen) atoms. The molecule has 1 N–H and O–H groups in total. The second kappa shape index (κ2) is 4.00. The van der Waals surface area contributed by atoms with Gasteiger partial charge in [-0.2, -0.15) is 5.10 Å². The third-order valence-electron chi connectivity index (χ3n) is 2.44. The van der Waals surface area contributed by atoms with E-state index in [0.717, 1.165) is 0 Å². The Hall–Kier alpha value is -1.19. The smallest absolute Gasteiger partial charge is 0.164 e. The van der Waals surface area contributed by atoms with E-state index in [-0.39, 0.29) is 5.75 Å². The summed E-state index contributed by atoms with van der Waals surface area (Å²) in [6.45, 7) is 1.79. The zero-order valence-electron chi connectivity index (χ0n) is 8.83. The molecule has 0 saturated heterocycles. The number of aromatic hydroxyl groups is 1. The highest BCUT2D eigenvalue weighted by molar-refractivity contribution is 6.35. The van der Waals surface area contributed by atoms with Crippen molar-refractivity contribution in [2.24, 2.45) is 7.05 Å². The molecule has 1 heterocycles. The van der Waals surface area contributed by atoms with Crippen LogP contribution in [0.25, 0.3) is 11.3 Å². The maximum absolute atomic E-state index is 9.88. The SMILES string of the molecule is Cc1c(O)c(-c2cc(Cl)cc(Cl)c2)nn1C. The van der Waals surface area contributed by atoms with Crippen LogP contribution < -0.4 is 0 Å². The van der Waals surface area contributed by atoms with Crippen LogP contribution in [0.15, 0.2) is 18.2 Å². The van der Waals surface area contributed by atoms with Gasteiger partial charge >= 0.3 is 0 Å². The molecule has 5 heteroatoms. The molecule has 3 nitrogen and oxygen atoms in total. The van der Waals surface area contributed by atoms with Crippen LogP contribution in [0.3, 0.4) is 0 Å². The van der Waals surface area contributed by atoms with Gasteiger partial charge in [0, 0.05) is 22.7 Å². The number of halogens is 2. The maximum atomic E-state index is 9.88. The second-order valence-corrected chi connectivity index (χ2v) is 4.44. The Morgan fingerprint density at radius 1 is 1.19 bits per heavy atom. The number of hydrogen-bond donors (Lipinski definition) is 1. The predicted octanol–water partition coefficient (Wildman–Crippen LogP) is 3.41. The fourth-order valence-corrected chi connectivity index (χ4v) is 2.01. The number of aromatic nitrogens is 2. The highest BCUT2D eigenvalue weighted by atomic mass is 35.5. The first kappa shape index (κ1) is 11.3. The monoisotopic (exact) mass is 256 g/mol. The molecule has 2 rings (SSSR count). The Morgan fingerprint density at radius 3 is 2.19 bits per heavy atom. The minimum absolute atomic E-state index is 0.154. The van der Waals surface area contributed by atoms with E-state index in [1.54, 1.807) is 36.9 Å². The summed E-state index contributed by atoms with van der Waals surface area (Å²) in [5.74, 6) is 0.154. The Kier molecular flexibility index (Phi) is 2.82. The number of aryl methyl sites for hydroxylation is 1. The van der Waals surface area contributed by atoms with Crippen LogP contribution in [0, 0.1) is 6.92 Å². The third kappa shape index (κ3) is 1.88. The number of nitrogens with zero attached hydrogens (tertiary/aromatic N) is 2. The van der Waals surface area contributed by atoms with Gasteiger partial charge in [0.25, 0.3) is 0 Å². The van der Waals surface area contributed by atoms with Gasteiger partial charge in [-0.25, -0.2) is 0 Å². The van der Waals surface area contributed by atoms with E-state index >= 15 is 0 Å². The van der Waals surface area contributed by atoms with Gasteiger partial charge in [-0.05, 0) is 25.1 Å². The van der Waals surface area contributed by atoms with E-state index in [4.69, 9.17) is 23.2 Å². The molecule has 0 unspecified atom stereocenters. The summed E-state index contributed by atoms with van der Waals surface area (Å²) < 4.78 is 1.61. The molecule has 0 fully saturated rings. The van der Waals surface area contributed by atoms with Crippen LogP contribution >= 0.6 is 23.2 Å². The molecule has 2 aromatic rings. The van der Waals surface area contributed by atoms with E-state index in [0.29, 0.717) is 27.0 Å². The van der Waals surface area contributed by atoms with E-state index in [1.165, 1.54) is 0 Å². The lowest BCUT2D eigenvalue weighted by atomic mass is 10.1. The molecule has 1 aromatic heterocycles. The molecule has 0 atom stereocenters. The van der Waals surface area contributed by atoms with Crippen molar-refractivity contribution in [3.63, 3.8) is 0 Å². The molecule has 0 bridgehead atoms. The van der Waals surface area contributed by atoms with Gasteiger partial charge in [0.05, 0.1) is 5.69 Å². The summed E-state index contributed by atoms with van der Waals surface area (Å²) in [6.07, 6.45) is 0. The fraction of sp³-hybridized carbons (Fsp3) is 0.182. The van der Waals surface area contributed by atoms with Crippen molar-refractivity contribution < 1.29 is 5.11 Å². The van der Waals surface area contributed by atoms with E-state index in [1.807, 2.05) is 0 Å². The maximum Gasteiger partial charge on any atom is 0.164 e. The average Bonchev–Trinajstić information content (AvgIpc) is 2.44. The lowest BCUT2D eigenvalue weighted by molar-refractivity contribution is 0.471. The molecule has 1 aromatic carbocycles. The minimum Gasteiger partial charge on any atom is -0.504 e. The van der Waals surface area contributed by atoms with Gasteiger partial charge < -0.3 is 5.11 Å². The molecule has 0 amide bonds. The molecular weight excluding hydrogens is 247 g/mol. The average molecular weight is 257 g/mol. The predicted molar refractivity (Wildman–Crippen MR) is 65.1 cm³/mol. The summed E-state index contributed by atoms with van der Waals surface area (Å²) in [6, 6.07) is 5.07.